The van der Waals surface area contributed by atoms with Gasteiger partial charge in [0.1, 0.15) is 17.4 Å². The Kier molecular flexibility index (Phi) is 6.18. The van der Waals surface area contributed by atoms with Gasteiger partial charge in [0.25, 0.3) is 0 Å². The number of hydrogen-bond acceptors (Lipinski definition) is 8. The van der Waals surface area contributed by atoms with Gasteiger partial charge in [0, 0.05) is 38.4 Å². The van der Waals surface area contributed by atoms with Gasteiger partial charge in [-0.3, -0.25) is 0 Å². The lowest BCUT2D eigenvalue weighted by atomic mass is 9.99. The predicted molar refractivity (Wildman–Crippen MR) is 150 cm³/mol. The van der Waals surface area contributed by atoms with Gasteiger partial charge in [0.15, 0.2) is 5.82 Å². The van der Waals surface area contributed by atoms with E-state index in [1.807, 2.05) is 35.8 Å². The Bertz CT molecular complexity index is 1700. The molecule has 5 aromatic rings. The van der Waals surface area contributed by atoms with Crippen molar-refractivity contribution in [3.63, 3.8) is 0 Å². The number of aryl methyl sites for hydroxylation is 2. The molecular weight excluding hydrogens is 494 g/mol. The summed E-state index contributed by atoms with van der Waals surface area (Å²) in [5.41, 5.74) is 7.89. The van der Waals surface area contributed by atoms with Gasteiger partial charge in [-0.1, -0.05) is 12.1 Å². The van der Waals surface area contributed by atoms with Crippen LogP contribution in [-0.4, -0.2) is 71.3 Å². The van der Waals surface area contributed by atoms with Crippen LogP contribution in [-0.2, 0) is 13.5 Å². The van der Waals surface area contributed by atoms with Crippen molar-refractivity contribution in [2.75, 3.05) is 29.9 Å². The van der Waals surface area contributed by atoms with Gasteiger partial charge in [-0.25, -0.2) is 29.7 Å². The molecule has 1 aliphatic rings. The minimum atomic E-state index is -0.906. The number of nitrogens with one attached hydrogen (secondary N) is 1. The van der Waals surface area contributed by atoms with Crippen LogP contribution in [0.1, 0.15) is 23.6 Å². The third-order valence-electron chi connectivity index (χ3n) is 7.31. The number of anilines is 3. The first kappa shape index (κ1) is 24.5. The zero-order chi connectivity index (χ0) is 27.1. The predicted octanol–water partition coefficient (Wildman–Crippen LogP) is 4.14. The smallest absolute Gasteiger partial charge is 0.407 e. The minimum absolute atomic E-state index is 0.160. The van der Waals surface area contributed by atoms with E-state index >= 15 is 0 Å². The summed E-state index contributed by atoms with van der Waals surface area (Å²) in [7, 11) is 2.00. The van der Waals surface area contributed by atoms with Crippen LogP contribution in [0.25, 0.3) is 22.1 Å². The number of amides is 1. The lowest BCUT2D eigenvalue weighted by molar-refractivity contribution is 0.122. The number of carboxylic acid groups (broad SMARTS) is 1. The summed E-state index contributed by atoms with van der Waals surface area (Å²) in [5, 5.41) is 12.8. The van der Waals surface area contributed by atoms with Crippen molar-refractivity contribution in [1.29, 1.82) is 0 Å². The number of carbonyl (C=O) groups is 1. The summed E-state index contributed by atoms with van der Waals surface area (Å²) < 4.78 is 2.02. The summed E-state index contributed by atoms with van der Waals surface area (Å²) in [6.45, 7) is 5.43. The molecule has 2 N–H and O–H groups in total. The highest BCUT2D eigenvalue weighted by atomic mass is 16.4. The van der Waals surface area contributed by atoms with Gasteiger partial charge in [0.2, 0.25) is 5.95 Å². The third-order valence-corrected chi connectivity index (χ3v) is 7.31. The number of imidazole rings is 1. The molecule has 1 aliphatic heterocycles. The van der Waals surface area contributed by atoms with Gasteiger partial charge in [-0.05, 0) is 61.2 Å². The van der Waals surface area contributed by atoms with Crippen LogP contribution in [0.2, 0.25) is 0 Å². The third kappa shape index (κ3) is 4.78. The number of piperazine rings is 1. The first-order valence-electron chi connectivity index (χ1n) is 12.8. The lowest BCUT2D eigenvalue weighted by Gasteiger charge is -2.38. The van der Waals surface area contributed by atoms with Crippen molar-refractivity contribution in [3.8, 4) is 0 Å². The van der Waals surface area contributed by atoms with Crippen molar-refractivity contribution in [2.24, 2.45) is 7.05 Å². The first-order valence-corrected chi connectivity index (χ1v) is 12.8. The Morgan fingerprint density at radius 3 is 2.74 bits per heavy atom. The Hall–Kier alpha value is -4.80. The Morgan fingerprint density at radius 2 is 1.95 bits per heavy atom. The van der Waals surface area contributed by atoms with Crippen molar-refractivity contribution in [3.05, 3.63) is 71.9 Å². The lowest BCUT2D eigenvalue weighted by Crippen LogP contribution is -2.54. The first-order chi connectivity index (χ1) is 18.9. The molecule has 1 saturated heterocycles. The standard InChI is InChI=1S/C28H29N9O2/c1-17-10-21(6-5-20(17)11-19-4-7-24-22(12-19)32-16-35(24)3)33-26-25-23(30-15-31-26)13-29-27(34-25)36-8-9-37(28(38)39)18(2)14-36/h4-7,10,12-13,15-16,18H,8-9,11,14H2,1-3H3,(H,38,39)(H,30,31,33)/t18-/m1/s1. The second-order valence-electron chi connectivity index (χ2n) is 10.0. The van der Waals surface area contributed by atoms with Gasteiger partial charge >= 0.3 is 6.09 Å². The molecule has 0 radical (unpaired) electrons. The normalized spacial score (nSPS) is 15.7. The zero-order valence-corrected chi connectivity index (χ0v) is 22.0. The molecule has 1 amide bonds. The van der Waals surface area contributed by atoms with Crippen molar-refractivity contribution in [2.45, 2.75) is 26.3 Å². The van der Waals surface area contributed by atoms with Gasteiger partial charge < -0.3 is 24.8 Å². The molecule has 6 rings (SSSR count). The summed E-state index contributed by atoms with van der Waals surface area (Å²) in [6, 6.07) is 12.5. The van der Waals surface area contributed by atoms with Crippen LogP contribution >= 0.6 is 0 Å². The van der Waals surface area contributed by atoms with Crippen LogP contribution < -0.4 is 10.2 Å². The average Bonchev–Trinajstić information content (AvgIpc) is 3.29. The fourth-order valence-corrected chi connectivity index (χ4v) is 5.13. The zero-order valence-electron chi connectivity index (χ0n) is 22.0. The van der Waals surface area contributed by atoms with Crippen LogP contribution in [0.3, 0.4) is 0 Å². The minimum Gasteiger partial charge on any atom is -0.465 e. The van der Waals surface area contributed by atoms with E-state index in [1.165, 1.54) is 27.9 Å². The van der Waals surface area contributed by atoms with Gasteiger partial charge in [0.05, 0.1) is 23.6 Å². The van der Waals surface area contributed by atoms with E-state index in [4.69, 9.17) is 4.98 Å². The van der Waals surface area contributed by atoms with Crippen molar-refractivity contribution < 1.29 is 9.90 Å². The van der Waals surface area contributed by atoms with E-state index < -0.39 is 6.09 Å². The molecule has 0 spiro atoms. The number of aromatic nitrogens is 6. The number of nitrogens with zero attached hydrogens (tertiary/aromatic N) is 8. The van der Waals surface area contributed by atoms with Crippen molar-refractivity contribution in [1.82, 2.24) is 34.4 Å². The maximum atomic E-state index is 11.4. The molecule has 0 unspecified atom stereocenters. The van der Waals surface area contributed by atoms with Crippen LogP contribution in [0, 0.1) is 6.92 Å². The maximum Gasteiger partial charge on any atom is 0.407 e. The van der Waals surface area contributed by atoms with Gasteiger partial charge in [-0.2, -0.15) is 0 Å². The number of hydrogen-bond donors (Lipinski definition) is 2. The van der Waals surface area contributed by atoms with E-state index in [2.05, 4.69) is 62.5 Å². The van der Waals surface area contributed by atoms with Crippen molar-refractivity contribution >= 4 is 45.6 Å². The molecule has 11 heteroatoms. The molecule has 0 saturated carbocycles. The Balaban J connectivity index is 1.22. The van der Waals surface area contributed by atoms with E-state index in [1.54, 1.807) is 6.20 Å². The topological polar surface area (TPSA) is 125 Å². The fourth-order valence-electron chi connectivity index (χ4n) is 5.13. The molecular formula is C28H29N9O2. The quantitative estimate of drug-likeness (QED) is 0.350. The van der Waals surface area contributed by atoms with Gasteiger partial charge in [-0.15, -0.1) is 0 Å². The van der Waals surface area contributed by atoms with E-state index in [-0.39, 0.29) is 6.04 Å². The molecule has 0 bridgehead atoms. The second kappa shape index (κ2) is 9.82. The molecule has 1 atom stereocenters. The van der Waals surface area contributed by atoms with E-state index in [0.29, 0.717) is 42.4 Å². The molecule has 39 heavy (non-hydrogen) atoms. The number of rotatable bonds is 5. The molecule has 3 aromatic heterocycles. The highest BCUT2D eigenvalue weighted by molar-refractivity contribution is 5.87. The highest BCUT2D eigenvalue weighted by Gasteiger charge is 2.28. The summed E-state index contributed by atoms with van der Waals surface area (Å²) in [4.78, 5) is 37.4. The summed E-state index contributed by atoms with van der Waals surface area (Å²) in [5.74, 6) is 1.13. The second-order valence-corrected chi connectivity index (χ2v) is 10.0. The largest absolute Gasteiger partial charge is 0.465 e. The SMILES string of the molecule is Cc1cc(Nc2ncnc3cnc(N4CCN(C(=O)O)[C@H](C)C4)nc23)ccc1Cc1ccc2c(c1)ncn2C. The van der Waals surface area contributed by atoms with E-state index in [0.717, 1.165) is 23.1 Å². The van der Waals surface area contributed by atoms with Crippen LogP contribution in [0.5, 0.6) is 0 Å². The molecule has 198 valence electrons. The van der Waals surface area contributed by atoms with Crippen LogP contribution in [0.15, 0.2) is 55.2 Å². The van der Waals surface area contributed by atoms with E-state index in [9.17, 15) is 9.90 Å². The monoisotopic (exact) mass is 523 g/mol. The molecule has 1 fully saturated rings. The molecule has 11 nitrogen and oxygen atoms in total. The molecule has 4 heterocycles. The maximum absolute atomic E-state index is 11.4. The summed E-state index contributed by atoms with van der Waals surface area (Å²) in [6.07, 6.45) is 4.93. The Labute approximate surface area is 225 Å². The number of fused-ring (bicyclic) bond motifs is 2. The Morgan fingerprint density at radius 1 is 1.08 bits per heavy atom. The number of benzene rings is 2. The molecule has 2 aromatic carbocycles. The molecule has 0 aliphatic carbocycles. The summed E-state index contributed by atoms with van der Waals surface area (Å²) >= 11 is 0. The van der Waals surface area contributed by atoms with Crippen LogP contribution in [0.4, 0.5) is 22.2 Å². The fraction of sp³-hybridized carbons (Fsp3) is 0.286. The average molecular weight is 524 g/mol. The highest BCUT2D eigenvalue weighted by Crippen LogP contribution is 2.26.